The number of hydrogen-bond acceptors (Lipinski definition) is 5. The molecule has 19 heavy (non-hydrogen) atoms. The minimum absolute atomic E-state index is 0.494. The van der Waals surface area contributed by atoms with Gasteiger partial charge in [-0.1, -0.05) is 6.92 Å². The molecular weight excluding hydrogens is 274 g/mol. The lowest BCUT2D eigenvalue weighted by Crippen LogP contribution is -2.06. The molecule has 3 nitrogen and oxygen atoms in total. The highest BCUT2D eigenvalue weighted by atomic mass is 32.2. The van der Waals surface area contributed by atoms with E-state index in [1.165, 1.54) is 28.9 Å². The van der Waals surface area contributed by atoms with E-state index in [4.69, 9.17) is 9.97 Å². The first-order valence-electron chi connectivity index (χ1n) is 6.91. The highest BCUT2D eigenvalue weighted by molar-refractivity contribution is 7.99. The first-order valence-corrected chi connectivity index (χ1v) is 8.78. The first-order chi connectivity index (χ1) is 9.28. The van der Waals surface area contributed by atoms with Gasteiger partial charge in [0.1, 0.15) is 16.5 Å². The van der Waals surface area contributed by atoms with Gasteiger partial charge < -0.3 is 5.32 Å². The predicted octanol–water partition coefficient (Wildman–Crippen LogP) is 4.39. The van der Waals surface area contributed by atoms with Crippen LogP contribution in [0.4, 0.5) is 5.82 Å². The Kier molecular flexibility index (Phi) is 3.93. The quantitative estimate of drug-likeness (QED) is 0.907. The summed E-state index contributed by atoms with van der Waals surface area (Å²) in [5.41, 5.74) is 0. The average Bonchev–Trinajstić information content (AvgIpc) is 3.03. The molecule has 3 heterocycles. The number of nitrogens with one attached hydrogen (secondary N) is 1. The fraction of sp³-hybridized carbons (Fsp3) is 0.571. The number of aromatic nitrogens is 2. The summed E-state index contributed by atoms with van der Waals surface area (Å²) >= 11 is 3.77. The van der Waals surface area contributed by atoms with Crippen molar-refractivity contribution >= 4 is 39.1 Å². The van der Waals surface area contributed by atoms with Crippen LogP contribution in [0.25, 0.3) is 10.2 Å². The zero-order valence-electron chi connectivity index (χ0n) is 11.4. The standard InChI is InChI=1S/C14H19N3S2/c1-3-6-15-12-10-8-9(2)19-14(10)17-13(16-12)11-5-4-7-18-11/h8,11H,3-7H2,1-2H3,(H,15,16,17). The number of nitrogens with zero attached hydrogens (tertiary/aromatic N) is 2. The van der Waals surface area contributed by atoms with Crippen molar-refractivity contribution in [2.75, 3.05) is 17.6 Å². The molecule has 1 unspecified atom stereocenters. The van der Waals surface area contributed by atoms with Gasteiger partial charge in [0.25, 0.3) is 0 Å². The van der Waals surface area contributed by atoms with Crippen LogP contribution in [0.1, 0.15) is 42.1 Å². The molecule has 0 radical (unpaired) electrons. The second kappa shape index (κ2) is 5.67. The van der Waals surface area contributed by atoms with Gasteiger partial charge in [0.15, 0.2) is 0 Å². The number of fused-ring (bicyclic) bond motifs is 1. The first kappa shape index (κ1) is 13.2. The molecule has 0 amide bonds. The van der Waals surface area contributed by atoms with Crippen LogP contribution in [-0.2, 0) is 0 Å². The summed E-state index contributed by atoms with van der Waals surface area (Å²) in [5.74, 6) is 3.29. The van der Waals surface area contributed by atoms with Crippen LogP contribution in [-0.4, -0.2) is 22.3 Å². The molecule has 0 saturated carbocycles. The fourth-order valence-corrected chi connectivity index (χ4v) is 4.45. The smallest absolute Gasteiger partial charge is 0.145 e. The maximum Gasteiger partial charge on any atom is 0.145 e. The number of aryl methyl sites for hydroxylation is 1. The van der Waals surface area contributed by atoms with Crippen LogP contribution < -0.4 is 5.32 Å². The normalized spacial score (nSPS) is 19.2. The minimum atomic E-state index is 0.494. The van der Waals surface area contributed by atoms with Gasteiger partial charge in [0, 0.05) is 11.4 Å². The minimum Gasteiger partial charge on any atom is -0.369 e. The third-order valence-electron chi connectivity index (χ3n) is 3.29. The molecule has 5 heteroatoms. The van der Waals surface area contributed by atoms with Crippen LogP contribution in [0.5, 0.6) is 0 Å². The van der Waals surface area contributed by atoms with Crippen LogP contribution in [0.2, 0.25) is 0 Å². The van der Waals surface area contributed by atoms with Crippen molar-refractivity contribution in [3.63, 3.8) is 0 Å². The molecule has 2 aromatic heterocycles. The summed E-state index contributed by atoms with van der Waals surface area (Å²) < 4.78 is 0. The van der Waals surface area contributed by atoms with E-state index >= 15 is 0 Å². The summed E-state index contributed by atoms with van der Waals surface area (Å²) in [7, 11) is 0. The summed E-state index contributed by atoms with van der Waals surface area (Å²) in [4.78, 5) is 12.0. The van der Waals surface area contributed by atoms with Gasteiger partial charge >= 0.3 is 0 Å². The lowest BCUT2D eigenvalue weighted by Gasteiger charge is -2.11. The van der Waals surface area contributed by atoms with Gasteiger partial charge in [0.05, 0.1) is 10.6 Å². The highest BCUT2D eigenvalue weighted by Gasteiger charge is 2.22. The maximum absolute atomic E-state index is 4.80. The second-order valence-corrected chi connectivity index (χ2v) is 7.48. The molecule has 2 aromatic rings. The van der Waals surface area contributed by atoms with Crippen LogP contribution in [0.15, 0.2) is 6.07 Å². The molecule has 0 aromatic carbocycles. The van der Waals surface area contributed by atoms with Gasteiger partial charge in [-0.25, -0.2) is 9.97 Å². The van der Waals surface area contributed by atoms with E-state index in [0.29, 0.717) is 5.25 Å². The molecule has 1 atom stereocenters. The number of anilines is 1. The Balaban J connectivity index is 2.03. The van der Waals surface area contributed by atoms with Gasteiger partial charge in [-0.2, -0.15) is 11.8 Å². The molecule has 102 valence electrons. The van der Waals surface area contributed by atoms with Crippen molar-refractivity contribution in [2.45, 2.75) is 38.4 Å². The Hall–Kier alpha value is -0.810. The number of rotatable bonds is 4. The average molecular weight is 293 g/mol. The van der Waals surface area contributed by atoms with E-state index in [1.54, 1.807) is 11.3 Å². The van der Waals surface area contributed by atoms with E-state index in [-0.39, 0.29) is 0 Å². The Labute approximate surface area is 122 Å². The number of hydrogen-bond donors (Lipinski definition) is 1. The van der Waals surface area contributed by atoms with E-state index in [1.807, 2.05) is 11.8 Å². The summed E-state index contributed by atoms with van der Waals surface area (Å²) in [6.07, 6.45) is 3.62. The summed E-state index contributed by atoms with van der Waals surface area (Å²) in [5, 5.41) is 5.14. The van der Waals surface area contributed by atoms with Crippen LogP contribution >= 0.6 is 23.1 Å². The largest absolute Gasteiger partial charge is 0.369 e. The molecule has 0 aliphatic carbocycles. The predicted molar refractivity (Wildman–Crippen MR) is 85.4 cm³/mol. The van der Waals surface area contributed by atoms with Crippen LogP contribution in [0.3, 0.4) is 0 Å². The number of thioether (sulfide) groups is 1. The van der Waals surface area contributed by atoms with Crippen LogP contribution in [0, 0.1) is 6.92 Å². The molecule has 1 N–H and O–H groups in total. The maximum atomic E-state index is 4.80. The molecule has 0 spiro atoms. The van der Waals surface area contributed by atoms with Crippen molar-refractivity contribution in [3.8, 4) is 0 Å². The molecule has 1 saturated heterocycles. The molecular formula is C14H19N3S2. The van der Waals surface area contributed by atoms with E-state index in [9.17, 15) is 0 Å². The summed E-state index contributed by atoms with van der Waals surface area (Å²) in [6, 6.07) is 2.20. The van der Waals surface area contributed by atoms with E-state index in [2.05, 4.69) is 25.2 Å². The van der Waals surface area contributed by atoms with Crippen molar-refractivity contribution in [1.29, 1.82) is 0 Å². The van der Waals surface area contributed by atoms with Crippen molar-refractivity contribution in [1.82, 2.24) is 9.97 Å². The lowest BCUT2D eigenvalue weighted by molar-refractivity contribution is 0.783. The Bertz CT molecular complexity index is 573. The molecule has 1 aliphatic heterocycles. The van der Waals surface area contributed by atoms with Gasteiger partial charge in [0.2, 0.25) is 0 Å². The molecule has 0 bridgehead atoms. The molecule has 3 rings (SSSR count). The molecule has 1 fully saturated rings. The second-order valence-electron chi connectivity index (χ2n) is 4.93. The van der Waals surface area contributed by atoms with E-state index in [0.717, 1.165) is 29.4 Å². The Morgan fingerprint density at radius 1 is 1.42 bits per heavy atom. The summed E-state index contributed by atoms with van der Waals surface area (Å²) in [6.45, 7) is 5.29. The van der Waals surface area contributed by atoms with Gasteiger partial charge in [-0.05, 0) is 38.0 Å². The van der Waals surface area contributed by atoms with Crippen molar-refractivity contribution in [2.24, 2.45) is 0 Å². The third-order valence-corrected chi connectivity index (χ3v) is 5.61. The highest BCUT2D eigenvalue weighted by Crippen LogP contribution is 2.40. The van der Waals surface area contributed by atoms with Gasteiger partial charge in [-0.3, -0.25) is 0 Å². The zero-order chi connectivity index (χ0) is 13.2. The Morgan fingerprint density at radius 2 is 2.32 bits per heavy atom. The monoisotopic (exact) mass is 293 g/mol. The van der Waals surface area contributed by atoms with E-state index < -0.39 is 0 Å². The van der Waals surface area contributed by atoms with Gasteiger partial charge in [-0.15, -0.1) is 11.3 Å². The molecule has 1 aliphatic rings. The van der Waals surface area contributed by atoms with Crippen molar-refractivity contribution in [3.05, 3.63) is 16.8 Å². The third kappa shape index (κ3) is 2.72. The Morgan fingerprint density at radius 3 is 3.05 bits per heavy atom. The SMILES string of the molecule is CCCNc1nc(C2CCCS2)nc2sc(C)cc12. The van der Waals surface area contributed by atoms with Crippen molar-refractivity contribution < 1.29 is 0 Å². The topological polar surface area (TPSA) is 37.8 Å². The fourth-order valence-electron chi connectivity index (χ4n) is 2.36. The zero-order valence-corrected chi connectivity index (χ0v) is 13.0. The number of thiophene rings is 1. The lowest BCUT2D eigenvalue weighted by atomic mass is 10.2.